The van der Waals surface area contributed by atoms with Gasteiger partial charge in [0, 0.05) is 45.8 Å². The van der Waals surface area contributed by atoms with Gasteiger partial charge in [-0.15, -0.1) is 34.8 Å². The molecule has 7 nitrogen and oxygen atoms in total. The number of alkyl halides is 3. The van der Waals surface area contributed by atoms with Gasteiger partial charge in [-0.05, 0) is 0 Å². The first-order valence-corrected chi connectivity index (χ1v) is 8.71. The Hall–Kier alpha value is -0.600. The maximum Gasteiger partial charge on any atom is 0.234 e. The second-order valence-corrected chi connectivity index (χ2v) is 5.76. The van der Waals surface area contributed by atoms with E-state index in [0.717, 1.165) is 0 Å². The van der Waals surface area contributed by atoms with E-state index in [-0.39, 0.29) is 23.6 Å². The largest absolute Gasteiger partial charge is 0.354 e. The molecule has 0 saturated carbocycles. The molecule has 0 aliphatic heterocycles. The van der Waals surface area contributed by atoms with Crippen LogP contribution in [0.15, 0.2) is 0 Å². The number of hydrogen-bond acceptors (Lipinski definition) is 5. The molecule has 0 aromatic carbocycles. The summed E-state index contributed by atoms with van der Waals surface area (Å²) in [7, 11) is 0. The lowest BCUT2D eigenvalue weighted by Gasteiger charge is -2.23. The van der Waals surface area contributed by atoms with Crippen LogP contribution in [0.5, 0.6) is 0 Å². The minimum absolute atomic E-state index is 0.0733. The first kappa shape index (κ1) is 22.4. The van der Waals surface area contributed by atoms with Gasteiger partial charge < -0.3 is 20.7 Å². The molecular formula is C13H23Cl3N4O3. The van der Waals surface area contributed by atoms with E-state index in [4.69, 9.17) is 34.8 Å². The molecule has 0 radical (unpaired) electrons. The normalized spacial score (nSPS) is 12.0. The van der Waals surface area contributed by atoms with Crippen molar-refractivity contribution in [3.63, 3.8) is 0 Å². The monoisotopic (exact) mass is 388 g/mol. The third kappa shape index (κ3) is 13.5. The first-order chi connectivity index (χ1) is 11.0. The van der Waals surface area contributed by atoms with Crippen molar-refractivity contribution in [3.05, 3.63) is 0 Å². The summed E-state index contributed by atoms with van der Waals surface area (Å²) in [5.41, 5.74) is 0. The van der Waals surface area contributed by atoms with Crippen LogP contribution in [-0.2, 0) is 14.4 Å². The van der Waals surface area contributed by atoms with Gasteiger partial charge in [0.25, 0.3) is 0 Å². The van der Waals surface area contributed by atoms with Crippen LogP contribution in [0.3, 0.4) is 0 Å². The summed E-state index contributed by atoms with van der Waals surface area (Å²) in [6, 6.07) is 0. The van der Waals surface area contributed by atoms with Crippen LogP contribution in [0.4, 0.5) is 0 Å². The molecule has 3 N–H and O–H groups in total. The van der Waals surface area contributed by atoms with Crippen molar-refractivity contribution < 1.29 is 14.4 Å². The van der Waals surface area contributed by atoms with Gasteiger partial charge in [-0.1, -0.05) is 0 Å². The minimum atomic E-state index is -0.547. The summed E-state index contributed by atoms with van der Waals surface area (Å²) in [4.78, 5) is 34.7. The lowest BCUT2D eigenvalue weighted by Crippen LogP contribution is -2.43. The third-order valence-corrected chi connectivity index (χ3v) is 3.58. The van der Waals surface area contributed by atoms with Crippen LogP contribution in [0.2, 0.25) is 0 Å². The molecule has 0 aliphatic carbocycles. The molecule has 0 fully saturated rings. The fourth-order valence-electron chi connectivity index (χ4n) is 1.66. The van der Waals surface area contributed by atoms with Gasteiger partial charge in [-0.25, -0.2) is 0 Å². The Kier molecular flexibility index (Phi) is 14.6. The number of rotatable bonds is 14. The summed E-state index contributed by atoms with van der Waals surface area (Å²) in [5, 5.41) is 7.88. The zero-order valence-corrected chi connectivity index (χ0v) is 15.1. The Morgan fingerprint density at radius 1 is 0.957 bits per heavy atom. The van der Waals surface area contributed by atoms with Crippen molar-refractivity contribution in [2.75, 3.05) is 57.6 Å². The van der Waals surface area contributed by atoms with Gasteiger partial charge in [0.15, 0.2) is 0 Å². The maximum atomic E-state index is 11.1. The number of amides is 2. The molecule has 0 rings (SSSR count). The van der Waals surface area contributed by atoms with Crippen LogP contribution in [0, 0.1) is 0 Å². The van der Waals surface area contributed by atoms with E-state index in [1.54, 1.807) is 0 Å². The third-order valence-electron chi connectivity index (χ3n) is 2.83. The quantitative estimate of drug-likeness (QED) is 0.210. The highest BCUT2D eigenvalue weighted by Crippen LogP contribution is 1.89. The predicted molar refractivity (Wildman–Crippen MR) is 92.5 cm³/mol. The van der Waals surface area contributed by atoms with Crippen LogP contribution in [-0.4, -0.2) is 86.0 Å². The number of nitrogens with one attached hydrogen (secondary N) is 3. The van der Waals surface area contributed by atoms with Crippen LogP contribution in [0.1, 0.15) is 0 Å². The van der Waals surface area contributed by atoms with Crippen molar-refractivity contribution in [1.29, 1.82) is 0 Å². The molecule has 0 heterocycles. The summed E-state index contributed by atoms with van der Waals surface area (Å²) in [6.07, 6.45) is 0.676. The van der Waals surface area contributed by atoms with Crippen molar-refractivity contribution in [3.8, 4) is 0 Å². The molecular weight excluding hydrogens is 367 g/mol. The van der Waals surface area contributed by atoms with Gasteiger partial charge in [-0.2, -0.15) is 0 Å². The lowest BCUT2D eigenvalue weighted by molar-refractivity contribution is -0.119. The predicted octanol–water partition coefficient (Wildman–Crippen LogP) is -0.606. The van der Waals surface area contributed by atoms with E-state index >= 15 is 0 Å². The van der Waals surface area contributed by atoms with Crippen molar-refractivity contribution >= 4 is 52.9 Å². The number of halogens is 3. The van der Waals surface area contributed by atoms with E-state index in [0.29, 0.717) is 52.1 Å². The van der Waals surface area contributed by atoms with Gasteiger partial charge in [0.1, 0.15) is 23.4 Å². The average Bonchev–Trinajstić information content (AvgIpc) is 2.57. The van der Waals surface area contributed by atoms with Gasteiger partial charge >= 0.3 is 0 Å². The summed E-state index contributed by atoms with van der Waals surface area (Å²) >= 11 is 16.5. The smallest absolute Gasteiger partial charge is 0.234 e. The summed E-state index contributed by atoms with van der Waals surface area (Å²) in [5.74, 6) is -0.598. The highest BCUT2D eigenvalue weighted by atomic mass is 35.5. The van der Waals surface area contributed by atoms with Crippen molar-refractivity contribution in [2.24, 2.45) is 0 Å². The zero-order chi connectivity index (χ0) is 17.5. The SMILES string of the molecule is O=CC(Cl)CNCCN(CCNC(=O)CCl)CCNC(=O)CCl. The molecule has 0 saturated heterocycles. The van der Waals surface area contributed by atoms with Crippen molar-refractivity contribution in [1.82, 2.24) is 20.9 Å². The molecule has 134 valence electrons. The second-order valence-electron chi connectivity index (χ2n) is 4.67. The van der Waals surface area contributed by atoms with Crippen LogP contribution < -0.4 is 16.0 Å². The molecule has 1 unspecified atom stereocenters. The number of nitrogens with zero attached hydrogens (tertiary/aromatic N) is 1. The van der Waals surface area contributed by atoms with E-state index in [1.165, 1.54) is 0 Å². The van der Waals surface area contributed by atoms with E-state index in [9.17, 15) is 14.4 Å². The Morgan fingerprint density at radius 2 is 1.43 bits per heavy atom. The standard InChI is InChI=1S/C13H23Cl3N4O3/c14-7-12(22)18-2-5-20(6-3-19-13(23)8-15)4-1-17-9-11(16)10-21/h10-11,17H,1-9H2,(H,18,22)(H,19,23). The lowest BCUT2D eigenvalue weighted by atomic mass is 10.4. The Labute approximate surface area is 151 Å². The minimum Gasteiger partial charge on any atom is -0.354 e. The Balaban J connectivity index is 4.06. The molecule has 0 bridgehead atoms. The topological polar surface area (TPSA) is 90.5 Å². The average molecular weight is 390 g/mol. The molecule has 0 aromatic heterocycles. The van der Waals surface area contributed by atoms with Crippen LogP contribution >= 0.6 is 34.8 Å². The molecule has 0 aromatic rings. The van der Waals surface area contributed by atoms with Gasteiger partial charge in [0.2, 0.25) is 11.8 Å². The maximum absolute atomic E-state index is 11.1. The highest BCUT2D eigenvalue weighted by molar-refractivity contribution is 6.28. The zero-order valence-electron chi connectivity index (χ0n) is 12.8. The van der Waals surface area contributed by atoms with E-state index in [1.807, 2.05) is 0 Å². The summed E-state index contributed by atoms with van der Waals surface area (Å²) < 4.78 is 0. The van der Waals surface area contributed by atoms with E-state index in [2.05, 4.69) is 20.9 Å². The molecule has 10 heteroatoms. The number of aldehydes is 1. The molecule has 2 amide bonds. The van der Waals surface area contributed by atoms with Gasteiger partial charge in [-0.3, -0.25) is 14.5 Å². The second kappa shape index (κ2) is 15.0. The Bertz CT molecular complexity index is 339. The van der Waals surface area contributed by atoms with Crippen molar-refractivity contribution in [2.45, 2.75) is 5.38 Å². The van der Waals surface area contributed by atoms with Gasteiger partial charge in [0.05, 0.1) is 0 Å². The molecule has 0 spiro atoms. The van der Waals surface area contributed by atoms with Crippen LogP contribution in [0.25, 0.3) is 0 Å². The molecule has 1 atom stereocenters. The first-order valence-electron chi connectivity index (χ1n) is 7.21. The number of hydrogen-bond donors (Lipinski definition) is 3. The fraction of sp³-hybridized carbons (Fsp3) is 0.769. The Morgan fingerprint density at radius 3 is 1.87 bits per heavy atom. The molecule has 0 aliphatic rings. The summed E-state index contributed by atoms with van der Waals surface area (Å²) in [6.45, 7) is 3.84. The number of carbonyl (C=O) groups is 3. The number of carbonyl (C=O) groups excluding carboxylic acids is 3. The van der Waals surface area contributed by atoms with E-state index < -0.39 is 5.38 Å². The highest BCUT2D eigenvalue weighted by Gasteiger charge is 2.08. The fourth-order valence-corrected chi connectivity index (χ4v) is 1.96. The molecule has 23 heavy (non-hydrogen) atoms.